The van der Waals surface area contributed by atoms with Crippen molar-refractivity contribution in [1.82, 2.24) is 0 Å². The van der Waals surface area contributed by atoms with Crippen LogP contribution >= 0.6 is 8.46 Å². The summed E-state index contributed by atoms with van der Waals surface area (Å²) >= 11 is 0. The Morgan fingerprint density at radius 3 is 2.17 bits per heavy atom. The maximum atomic E-state index is 9.75. The van der Waals surface area contributed by atoms with E-state index in [9.17, 15) is 4.57 Å². The molecule has 0 aliphatic heterocycles. The third-order valence-corrected chi connectivity index (χ3v) is 1.20. The fourth-order valence-corrected chi connectivity index (χ4v) is 0.408. The molecule has 1 nitrogen and oxygen atoms in total. The van der Waals surface area contributed by atoms with Crippen molar-refractivity contribution in [2.75, 3.05) is 0 Å². The van der Waals surface area contributed by atoms with Crippen LogP contribution in [0.4, 0.5) is 0 Å². The minimum absolute atomic E-state index is 0.660. The van der Waals surface area contributed by atoms with Crippen molar-refractivity contribution in [3.63, 3.8) is 0 Å². The zero-order chi connectivity index (χ0) is 4.99. The summed E-state index contributed by atoms with van der Waals surface area (Å²) in [5.74, 6) is 1.74. The van der Waals surface area contributed by atoms with Gasteiger partial charge in [-0.1, -0.05) is 5.57 Å². The summed E-state index contributed by atoms with van der Waals surface area (Å²) in [5.41, 5.74) is 1.14. The Balaban J connectivity index is 3.41. The van der Waals surface area contributed by atoms with E-state index in [1.165, 1.54) is 0 Å². The second-order valence-corrected chi connectivity index (χ2v) is 1.99. The Morgan fingerprint density at radius 1 is 1.67 bits per heavy atom. The molecule has 0 bridgehead atoms. The average molecular weight is 104 g/mol. The van der Waals surface area contributed by atoms with Gasteiger partial charge < -0.3 is 4.57 Å². The first-order valence-corrected chi connectivity index (χ1v) is 3.00. The molecule has 6 heavy (non-hydrogen) atoms. The molecule has 0 aromatic carbocycles. The van der Waals surface area contributed by atoms with E-state index in [2.05, 4.69) is 0 Å². The van der Waals surface area contributed by atoms with Crippen LogP contribution in [0.15, 0.2) is 11.4 Å². The van der Waals surface area contributed by atoms with E-state index in [1.54, 1.807) is 5.82 Å². The molecule has 0 aromatic heterocycles. The monoisotopic (exact) mass is 104 g/mol. The van der Waals surface area contributed by atoms with Crippen molar-refractivity contribution in [3.8, 4) is 0 Å². The Kier molecular flexibility index (Phi) is 3.16. The molecule has 0 aromatic rings. The Bertz CT molecular complexity index is 71.6. The average Bonchev–Trinajstić information content (AvgIpc) is 1.35. The van der Waals surface area contributed by atoms with E-state index < -0.39 is 8.46 Å². The van der Waals surface area contributed by atoms with Gasteiger partial charge in [-0.2, -0.15) is 0 Å². The molecule has 0 fully saturated rings. The van der Waals surface area contributed by atoms with Crippen LogP contribution in [-0.4, -0.2) is 0 Å². The summed E-state index contributed by atoms with van der Waals surface area (Å²) in [4.78, 5) is 0. The van der Waals surface area contributed by atoms with Crippen LogP contribution in [0.2, 0.25) is 0 Å². The summed E-state index contributed by atoms with van der Waals surface area (Å²) < 4.78 is 9.75. The molecule has 0 saturated heterocycles. The smallest absolute Gasteiger partial charge is 0.0851 e. The normalized spacial score (nSPS) is 9.67. The van der Waals surface area contributed by atoms with Crippen molar-refractivity contribution in [2.45, 2.75) is 13.8 Å². The van der Waals surface area contributed by atoms with Gasteiger partial charge in [0.15, 0.2) is 0 Å². The Hall–Kier alpha value is -0.0300. The number of hydrogen-bond acceptors (Lipinski definition) is 1. The van der Waals surface area contributed by atoms with E-state index in [0.29, 0.717) is 0 Å². The van der Waals surface area contributed by atoms with Crippen LogP contribution < -0.4 is 0 Å². The number of hydrogen-bond donors (Lipinski definition) is 0. The predicted octanol–water partition coefficient (Wildman–Crippen LogP) is 1.67. The van der Waals surface area contributed by atoms with Crippen LogP contribution in [-0.2, 0) is 4.57 Å². The summed E-state index contributed by atoms with van der Waals surface area (Å²) in [5, 5.41) is 0. The van der Waals surface area contributed by atoms with Gasteiger partial charge in [0.25, 0.3) is 0 Å². The molecule has 0 rings (SSSR count). The first kappa shape index (κ1) is 5.97. The minimum Gasteiger partial charge on any atom is -0.326 e. The lowest BCUT2D eigenvalue weighted by Crippen LogP contribution is -1.50. The highest BCUT2D eigenvalue weighted by molar-refractivity contribution is 7.27. The van der Waals surface area contributed by atoms with Gasteiger partial charge in [0.2, 0.25) is 0 Å². The van der Waals surface area contributed by atoms with Gasteiger partial charge in [-0.05, 0) is 19.7 Å². The van der Waals surface area contributed by atoms with Crippen LogP contribution in [0.3, 0.4) is 0 Å². The molecule has 2 heteroatoms. The fraction of sp³-hybridized carbons (Fsp3) is 0.500. The lowest BCUT2D eigenvalue weighted by molar-refractivity contribution is 0.602. The van der Waals surface area contributed by atoms with Crippen LogP contribution in [0, 0.1) is 0 Å². The van der Waals surface area contributed by atoms with Crippen LogP contribution in [0.25, 0.3) is 0 Å². The molecule has 0 spiro atoms. The molecular weight excluding hydrogens is 95.0 g/mol. The van der Waals surface area contributed by atoms with Gasteiger partial charge in [-0.25, -0.2) is 0 Å². The van der Waals surface area contributed by atoms with Crippen molar-refractivity contribution in [2.24, 2.45) is 0 Å². The quantitative estimate of drug-likeness (QED) is 0.462. The second-order valence-electron chi connectivity index (χ2n) is 1.38. The molecule has 1 unspecified atom stereocenters. The zero-order valence-corrected chi connectivity index (χ0v) is 5.22. The van der Waals surface area contributed by atoms with Crippen LogP contribution in [0.1, 0.15) is 13.8 Å². The molecule has 1 atom stereocenters. The first-order chi connectivity index (χ1) is 2.77. The minimum atomic E-state index is -0.660. The van der Waals surface area contributed by atoms with Crippen molar-refractivity contribution in [1.29, 1.82) is 0 Å². The van der Waals surface area contributed by atoms with Gasteiger partial charge in [0, 0.05) is 0 Å². The molecule has 0 N–H and O–H groups in total. The molecule has 0 saturated carbocycles. The third kappa shape index (κ3) is 3.97. The first-order valence-electron chi connectivity index (χ1n) is 1.86. The molecule has 0 aliphatic carbocycles. The lowest BCUT2D eigenvalue weighted by atomic mass is 10.4. The maximum Gasteiger partial charge on any atom is 0.0851 e. The van der Waals surface area contributed by atoms with Crippen molar-refractivity contribution < 1.29 is 4.57 Å². The van der Waals surface area contributed by atoms with Gasteiger partial charge in [0.05, 0.1) is 8.46 Å². The highest BCUT2D eigenvalue weighted by atomic mass is 31.1. The largest absolute Gasteiger partial charge is 0.326 e. The number of rotatable bonds is 1. The predicted molar refractivity (Wildman–Crippen MR) is 29.8 cm³/mol. The van der Waals surface area contributed by atoms with E-state index in [1.807, 2.05) is 13.8 Å². The lowest BCUT2D eigenvalue weighted by Gasteiger charge is -1.74. The van der Waals surface area contributed by atoms with Gasteiger partial charge in [0.1, 0.15) is 0 Å². The SMILES string of the molecule is CC(C)=C[PH2]=O. The van der Waals surface area contributed by atoms with Crippen molar-refractivity contribution >= 4 is 8.46 Å². The van der Waals surface area contributed by atoms with Crippen LogP contribution in [0.5, 0.6) is 0 Å². The van der Waals surface area contributed by atoms with E-state index in [0.717, 1.165) is 5.57 Å². The fourth-order valence-electron chi connectivity index (χ4n) is 0.136. The molecule has 0 aliphatic rings. The molecule has 0 amide bonds. The van der Waals surface area contributed by atoms with E-state index in [4.69, 9.17) is 0 Å². The topological polar surface area (TPSA) is 17.1 Å². The standard InChI is InChI=1S/C4H9OP/c1-4(2)3-6-5/h3H,6H2,1-2H3. The highest BCUT2D eigenvalue weighted by Crippen LogP contribution is 1.98. The van der Waals surface area contributed by atoms with E-state index >= 15 is 0 Å². The Labute approximate surface area is 39.3 Å². The highest BCUT2D eigenvalue weighted by Gasteiger charge is 1.65. The molecule has 36 valence electrons. The molecular formula is C4H9OP. The summed E-state index contributed by atoms with van der Waals surface area (Å²) in [6, 6.07) is 0. The maximum absolute atomic E-state index is 9.75. The Morgan fingerprint density at radius 2 is 2.17 bits per heavy atom. The number of allylic oxidation sites excluding steroid dienone is 1. The van der Waals surface area contributed by atoms with Gasteiger partial charge >= 0.3 is 0 Å². The molecule has 0 radical (unpaired) electrons. The van der Waals surface area contributed by atoms with Crippen molar-refractivity contribution in [3.05, 3.63) is 11.4 Å². The van der Waals surface area contributed by atoms with Gasteiger partial charge in [-0.15, -0.1) is 0 Å². The summed E-state index contributed by atoms with van der Waals surface area (Å²) in [6.45, 7) is 3.87. The summed E-state index contributed by atoms with van der Waals surface area (Å²) in [6.07, 6.45) is 0. The van der Waals surface area contributed by atoms with Gasteiger partial charge in [-0.3, -0.25) is 0 Å². The summed E-state index contributed by atoms with van der Waals surface area (Å²) in [7, 11) is -0.660. The van der Waals surface area contributed by atoms with E-state index in [-0.39, 0.29) is 0 Å². The second kappa shape index (κ2) is 3.17. The third-order valence-electron chi connectivity index (χ3n) is 0.401. The molecule has 0 heterocycles. The zero-order valence-electron chi connectivity index (χ0n) is 4.06.